The van der Waals surface area contributed by atoms with Crippen LogP contribution in [0.4, 0.5) is 18.9 Å². The highest BCUT2D eigenvalue weighted by atomic mass is 19.4. The van der Waals surface area contributed by atoms with Crippen LogP contribution in [0, 0.1) is 11.3 Å². The highest BCUT2D eigenvalue weighted by Crippen LogP contribution is 2.40. The number of aromatic nitrogens is 1. The predicted octanol–water partition coefficient (Wildman–Crippen LogP) is 5.69. The summed E-state index contributed by atoms with van der Waals surface area (Å²) in [6, 6.07) is 17.2. The lowest BCUT2D eigenvalue weighted by Gasteiger charge is -2.15. The fourth-order valence-corrected chi connectivity index (χ4v) is 3.90. The van der Waals surface area contributed by atoms with E-state index in [1.54, 1.807) is 25.2 Å². The number of anilines is 1. The van der Waals surface area contributed by atoms with Crippen molar-refractivity contribution in [2.45, 2.75) is 6.18 Å². The first-order valence-corrected chi connectivity index (χ1v) is 9.95. The zero-order chi connectivity index (χ0) is 24.6. The first-order chi connectivity index (χ1) is 16.1. The van der Waals surface area contributed by atoms with Crippen LogP contribution in [0.1, 0.15) is 32.0 Å². The van der Waals surface area contributed by atoms with Crippen LogP contribution in [0.15, 0.2) is 66.7 Å². The van der Waals surface area contributed by atoms with Crippen LogP contribution in [0.3, 0.4) is 0 Å². The van der Waals surface area contributed by atoms with E-state index < -0.39 is 23.6 Å². The van der Waals surface area contributed by atoms with Crippen LogP contribution in [-0.2, 0) is 13.2 Å². The summed E-state index contributed by atoms with van der Waals surface area (Å²) in [5.41, 5.74) is -0.123. The molecule has 0 aliphatic carbocycles. The normalized spacial score (nSPS) is 11.3. The van der Waals surface area contributed by atoms with Gasteiger partial charge >= 0.3 is 12.1 Å². The molecule has 2 N–H and O–H groups in total. The average molecular weight is 463 g/mol. The van der Waals surface area contributed by atoms with Crippen molar-refractivity contribution in [1.29, 1.82) is 5.26 Å². The van der Waals surface area contributed by atoms with Crippen LogP contribution in [-0.4, -0.2) is 21.6 Å². The van der Waals surface area contributed by atoms with Crippen LogP contribution in [0.2, 0.25) is 0 Å². The second kappa shape index (κ2) is 8.41. The molecule has 0 bridgehead atoms. The molecule has 1 heterocycles. The van der Waals surface area contributed by atoms with Crippen molar-refractivity contribution >= 4 is 28.5 Å². The molecule has 0 unspecified atom stereocenters. The number of hydrogen-bond donors (Lipinski definition) is 2. The van der Waals surface area contributed by atoms with Gasteiger partial charge in [0.2, 0.25) is 0 Å². The molecule has 0 fully saturated rings. The largest absolute Gasteiger partial charge is 0.478 e. The van der Waals surface area contributed by atoms with E-state index in [1.807, 2.05) is 6.07 Å². The number of nitriles is 1. The van der Waals surface area contributed by atoms with Gasteiger partial charge in [-0.05, 0) is 35.9 Å². The van der Waals surface area contributed by atoms with Crippen molar-refractivity contribution < 1.29 is 27.9 Å². The Labute approximate surface area is 191 Å². The SMILES string of the molecule is Cn1c(C(=O)Nc2ccc(C#N)cc2C(=O)O)cc2cccc(-c3ccccc3C(F)(F)F)c21. The maximum atomic E-state index is 13.6. The number of nitrogens with one attached hydrogen (secondary N) is 1. The third-order valence-electron chi connectivity index (χ3n) is 5.44. The van der Waals surface area contributed by atoms with E-state index >= 15 is 0 Å². The Hall–Kier alpha value is -4.58. The van der Waals surface area contributed by atoms with Crippen LogP contribution in [0.5, 0.6) is 0 Å². The first-order valence-electron chi connectivity index (χ1n) is 9.95. The van der Waals surface area contributed by atoms with Crippen LogP contribution in [0.25, 0.3) is 22.0 Å². The summed E-state index contributed by atoms with van der Waals surface area (Å²) < 4.78 is 42.4. The van der Waals surface area contributed by atoms with Gasteiger partial charge in [-0.15, -0.1) is 0 Å². The summed E-state index contributed by atoms with van der Waals surface area (Å²) in [7, 11) is 1.55. The second-order valence-electron chi connectivity index (χ2n) is 7.51. The third kappa shape index (κ3) is 3.97. The van der Waals surface area contributed by atoms with Gasteiger partial charge in [0.05, 0.1) is 34.0 Å². The first kappa shape index (κ1) is 22.6. The monoisotopic (exact) mass is 463 g/mol. The lowest BCUT2D eigenvalue weighted by atomic mass is 9.97. The minimum Gasteiger partial charge on any atom is -0.478 e. The number of nitrogens with zero attached hydrogens (tertiary/aromatic N) is 2. The summed E-state index contributed by atoms with van der Waals surface area (Å²) in [6.07, 6.45) is -4.56. The Kier molecular flexibility index (Phi) is 5.59. The minimum absolute atomic E-state index is 0.00982. The maximum Gasteiger partial charge on any atom is 0.417 e. The molecule has 6 nitrogen and oxygen atoms in total. The van der Waals surface area contributed by atoms with Crippen molar-refractivity contribution in [3.8, 4) is 17.2 Å². The molecule has 34 heavy (non-hydrogen) atoms. The fourth-order valence-electron chi connectivity index (χ4n) is 3.90. The summed E-state index contributed by atoms with van der Waals surface area (Å²) in [6.45, 7) is 0. The molecule has 1 amide bonds. The quantitative estimate of drug-likeness (QED) is 0.407. The maximum absolute atomic E-state index is 13.6. The minimum atomic E-state index is -4.56. The van der Waals surface area contributed by atoms with E-state index in [2.05, 4.69) is 5.32 Å². The van der Waals surface area contributed by atoms with Gasteiger partial charge < -0.3 is 15.0 Å². The number of aromatic carboxylic acids is 1. The van der Waals surface area contributed by atoms with E-state index in [-0.39, 0.29) is 28.1 Å². The summed E-state index contributed by atoms with van der Waals surface area (Å²) in [5, 5.41) is 21.5. The Bertz CT molecular complexity index is 1500. The van der Waals surface area contributed by atoms with E-state index in [0.717, 1.165) is 12.1 Å². The lowest BCUT2D eigenvalue weighted by Crippen LogP contribution is -2.17. The van der Waals surface area contributed by atoms with E-state index in [4.69, 9.17) is 5.26 Å². The van der Waals surface area contributed by atoms with Gasteiger partial charge in [-0.25, -0.2) is 4.79 Å². The van der Waals surface area contributed by atoms with Gasteiger partial charge in [0.15, 0.2) is 0 Å². The highest BCUT2D eigenvalue weighted by molar-refractivity contribution is 6.10. The second-order valence-corrected chi connectivity index (χ2v) is 7.51. The number of carbonyl (C=O) groups excluding carboxylic acids is 1. The molecule has 4 aromatic rings. The molecule has 0 spiro atoms. The highest BCUT2D eigenvalue weighted by Gasteiger charge is 2.34. The number of alkyl halides is 3. The lowest BCUT2D eigenvalue weighted by molar-refractivity contribution is -0.137. The molecule has 0 aliphatic heterocycles. The third-order valence-corrected chi connectivity index (χ3v) is 5.44. The number of amides is 1. The Balaban J connectivity index is 1.81. The van der Waals surface area contributed by atoms with E-state index in [1.165, 1.54) is 41.0 Å². The van der Waals surface area contributed by atoms with Crippen molar-refractivity contribution in [2.24, 2.45) is 7.05 Å². The Morgan fingerprint density at radius 2 is 1.71 bits per heavy atom. The molecule has 0 radical (unpaired) electrons. The van der Waals surface area contributed by atoms with Crippen molar-refractivity contribution in [3.05, 3.63) is 89.1 Å². The molecule has 3 aromatic carbocycles. The van der Waals surface area contributed by atoms with Gasteiger partial charge in [0.25, 0.3) is 5.91 Å². The average Bonchev–Trinajstić information content (AvgIpc) is 3.15. The molecule has 1 aromatic heterocycles. The van der Waals surface area contributed by atoms with Gasteiger partial charge in [0.1, 0.15) is 5.69 Å². The molecule has 0 saturated heterocycles. The Morgan fingerprint density at radius 3 is 2.38 bits per heavy atom. The summed E-state index contributed by atoms with van der Waals surface area (Å²) >= 11 is 0. The molecule has 4 rings (SSSR count). The van der Waals surface area contributed by atoms with Crippen LogP contribution < -0.4 is 5.32 Å². The van der Waals surface area contributed by atoms with Gasteiger partial charge in [0, 0.05) is 18.0 Å². The number of fused-ring (bicyclic) bond motifs is 1. The summed E-state index contributed by atoms with van der Waals surface area (Å²) in [4.78, 5) is 24.6. The van der Waals surface area contributed by atoms with E-state index in [9.17, 15) is 27.9 Å². The zero-order valence-electron chi connectivity index (χ0n) is 17.6. The van der Waals surface area contributed by atoms with Gasteiger partial charge in [-0.3, -0.25) is 4.79 Å². The van der Waals surface area contributed by atoms with Crippen molar-refractivity contribution in [3.63, 3.8) is 0 Å². The topological polar surface area (TPSA) is 95.1 Å². The van der Waals surface area contributed by atoms with Gasteiger partial charge in [-0.2, -0.15) is 18.4 Å². The standard InChI is InChI=1S/C25H16F3N3O3/c1-31-21(23(32)30-20-10-9-14(13-29)11-18(20)24(33)34)12-15-5-4-7-17(22(15)31)16-6-2-3-8-19(16)25(26,27)28/h2-12H,1H3,(H,30,32)(H,33,34). The van der Waals surface area contributed by atoms with Gasteiger partial charge in [-0.1, -0.05) is 36.4 Å². The van der Waals surface area contributed by atoms with E-state index in [0.29, 0.717) is 16.5 Å². The molecule has 0 saturated carbocycles. The molecular formula is C25H16F3N3O3. The van der Waals surface area contributed by atoms with Crippen molar-refractivity contribution in [1.82, 2.24) is 4.57 Å². The molecule has 9 heteroatoms. The molecule has 170 valence electrons. The predicted molar refractivity (Wildman–Crippen MR) is 119 cm³/mol. The number of halogens is 3. The molecule has 0 atom stereocenters. The number of rotatable bonds is 4. The number of carboxylic acid groups (broad SMARTS) is 1. The number of para-hydroxylation sites is 1. The van der Waals surface area contributed by atoms with Crippen LogP contribution >= 0.6 is 0 Å². The summed E-state index contributed by atoms with van der Waals surface area (Å²) in [5.74, 6) is -1.98. The smallest absolute Gasteiger partial charge is 0.417 e. The molecule has 0 aliphatic rings. The fraction of sp³-hybridized carbons (Fsp3) is 0.0800. The van der Waals surface area contributed by atoms with Crippen molar-refractivity contribution in [2.75, 3.05) is 5.32 Å². The number of hydrogen-bond acceptors (Lipinski definition) is 3. The number of aryl methyl sites for hydroxylation is 1. The number of carbonyl (C=O) groups is 2. The number of carboxylic acids is 1. The molecular weight excluding hydrogens is 447 g/mol. The Morgan fingerprint density at radius 1 is 1.00 bits per heavy atom. The zero-order valence-corrected chi connectivity index (χ0v) is 17.6. The number of benzene rings is 3.